The molecule has 1 aromatic heterocycles. The van der Waals surface area contributed by atoms with E-state index in [2.05, 4.69) is 193 Å². The average molecular weight is 654 g/mol. The second kappa shape index (κ2) is 11.7. The van der Waals surface area contributed by atoms with Crippen molar-refractivity contribution < 1.29 is 0 Å². The van der Waals surface area contributed by atoms with Crippen LogP contribution in [0, 0.1) is 0 Å². The summed E-state index contributed by atoms with van der Waals surface area (Å²) in [6, 6.07) is 68.7. The van der Waals surface area contributed by atoms with Gasteiger partial charge in [0, 0.05) is 37.2 Å². The molecule has 0 N–H and O–H groups in total. The number of thiophene rings is 1. The molecule has 10 rings (SSSR count). The van der Waals surface area contributed by atoms with Crippen LogP contribution >= 0.6 is 11.3 Å². The summed E-state index contributed by atoms with van der Waals surface area (Å²) in [5.74, 6) is 0. The summed E-state index contributed by atoms with van der Waals surface area (Å²) in [6.07, 6.45) is 0. The molecule has 50 heavy (non-hydrogen) atoms. The number of benzene rings is 9. The zero-order valence-corrected chi connectivity index (χ0v) is 28.1. The molecule has 0 atom stereocenters. The number of fused-ring (bicyclic) bond motifs is 7. The molecule has 10 aromatic rings. The molecular formula is C48H31NS. The predicted molar refractivity (Wildman–Crippen MR) is 217 cm³/mol. The van der Waals surface area contributed by atoms with Crippen LogP contribution in [0.1, 0.15) is 0 Å². The summed E-state index contributed by atoms with van der Waals surface area (Å²) in [7, 11) is 0. The molecule has 2 heteroatoms. The summed E-state index contributed by atoms with van der Waals surface area (Å²) in [5.41, 5.74) is 8.27. The zero-order valence-electron chi connectivity index (χ0n) is 27.3. The highest BCUT2D eigenvalue weighted by atomic mass is 32.1. The highest BCUT2D eigenvalue weighted by molar-refractivity contribution is 7.25. The number of rotatable bonds is 5. The van der Waals surface area contributed by atoms with Gasteiger partial charge in [-0.25, -0.2) is 0 Å². The predicted octanol–water partition coefficient (Wildman–Crippen LogP) is 14.3. The second-order valence-corrected chi connectivity index (χ2v) is 14.0. The highest BCUT2D eigenvalue weighted by Crippen LogP contribution is 2.40. The summed E-state index contributed by atoms with van der Waals surface area (Å²) in [5, 5.41) is 10.3. The number of para-hydroxylation sites is 1. The summed E-state index contributed by atoms with van der Waals surface area (Å²) >= 11 is 1.87. The lowest BCUT2D eigenvalue weighted by Crippen LogP contribution is -2.09. The number of nitrogens with zero attached hydrogens (tertiary/aromatic N) is 1. The van der Waals surface area contributed by atoms with Crippen molar-refractivity contribution in [3.05, 3.63) is 188 Å². The van der Waals surface area contributed by atoms with Gasteiger partial charge in [-0.1, -0.05) is 121 Å². The maximum absolute atomic E-state index is 2.36. The molecule has 1 heterocycles. The lowest BCUT2D eigenvalue weighted by Gasteiger charge is -2.26. The van der Waals surface area contributed by atoms with Gasteiger partial charge >= 0.3 is 0 Å². The van der Waals surface area contributed by atoms with Crippen LogP contribution in [-0.2, 0) is 0 Å². The lowest BCUT2D eigenvalue weighted by molar-refractivity contribution is 1.28. The first-order chi connectivity index (χ1) is 24.8. The first kappa shape index (κ1) is 28.8. The van der Waals surface area contributed by atoms with Crippen molar-refractivity contribution >= 4 is 80.9 Å². The molecule has 0 spiro atoms. The third-order valence-electron chi connectivity index (χ3n) is 10.0. The van der Waals surface area contributed by atoms with E-state index >= 15 is 0 Å². The minimum atomic E-state index is 1.12. The summed E-state index contributed by atoms with van der Waals surface area (Å²) in [4.78, 5) is 2.34. The van der Waals surface area contributed by atoms with Crippen LogP contribution in [0.5, 0.6) is 0 Å². The molecule has 0 aliphatic heterocycles. The molecule has 0 radical (unpaired) electrons. The van der Waals surface area contributed by atoms with Gasteiger partial charge in [-0.3, -0.25) is 0 Å². The Hall–Kier alpha value is -6.22. The Kier molecular flexibility index (Phi) is 6.75. The minimum Gasteiger partial charge on any atom is -0.311 e. The Labute approximate surface area is 294 Å². The van der Waals surface area contributed by atoms with E-state index in [1.807, 2.05) is 11.3 Å². The number of hydrogen-bond donors (Lipinski definition) is 0. The van der Waals surface area contributed by atoms with E-state index in [-0.39, 0.29) is 0 Å². The average Bonchev–Trinajstić information content (AvgIpc) is 3.55. The maximum atomic E-state index is 2.36. The minimum absolute atomic E-state index is 1.12. The zero-order chi connectivity index (χ0) is 33.0. The molecule has 0 bridgehead atoms. The molecule has 1 nitrogen and oxygen atoms in total. The van der Waals surface area contributed by atoms with E-state index in [9.17, 15) is 0 Å². The van der Waals surface area contributed by atoms with Gasteiger partial charge in [-0.15, -0.1) is 11.3 Å². The van der Waals surface area contributed by atoms with Gasteiger partial charge in [0.2, 0.25) is 0 Å². The van der Waals surface area contributed by atoms with Gasteiger partial charge in [0.1, 0.15) is 0 Å². The first-order valence-electron chi connectivity index (χ1n) is 17.1. The molecule has 0 aliphatic carbocycles. The Bertz CT molecular complexity index is 2850. The smallest absolute Gasteiger partial charge is 0.0462 e. The lowest BCUT2D eigenvalue weighted by atomic mass is 9.93. The van der Waals surface area contributed by atoms with Gasteiger partial charge in [0.15, 0.2) is 0 Å². The SMILES string of the molecule is c1ccc(N(c2ccc(-c3ccc4cc5c(cc4c3)sc3ccccc35)cc2)c2ccc(-c3cc4ccccc4c4ccccc34)cc2)cc1. The van der Waals surface area contributed by atoms with Crippen LogP contribution in [0.3, 0.4) is 0 Å². The summed E-state index contributed by atoms with van der Waals surface area (Å²) < 4.78 is 2.68. The van der Waals surface area contributed by atoms with E-state index in [1.165, 1.54) is 74.7 Å². The van der Waals surface area contributed by atoms with Gasteiger partial charge in [-0.05, 0) is 121 Å². The maximum Gasteiger partial charge on any atom is 0.0462 e. The van der Waals surface area contributed by atoms with Crippen molar-refractivity contribution in [1.82, 2.24) is 0 Å². The fourth-order valence-corrected chi connectivity index (χ4v) is 8.69. The monoisotopic (exact) mass is 653 g/mol. The van der Waals surface area contributed by atoms with Crippen molar-refractivity contribution in [2.24, 2.45) is 0 Å². The molecule has 9 aromatic carbocycles. The molecule has 234 valence electrons. The molecule has 0 fully saturated rings. The van der Waals surface area contributed by atoms with Crippen LogP contribution in [-0.4, -0.2) is 0 Å². The van der Waals surface area contributed by atoms with Crippen molar-refractivity contribution in [2.75, 3.05) is 4.90 Å². The van der Waals surface area contributed by atoms with E-state index < -0.39 is 0 Å². The van der Waals surface area contributed by atoms with Crippen molar-refractivity contribution in [2.45, 2.75) is 0 Å². The van der Waals surface area contributed by atoms with Crippen LogP contribution in [0.25, 0.3) is 74.7 Å². The first-order valence-corrected chi connectivity index (χ1v) is 17.9. The van der Waals surface area contributed by atoms with Gasteiger partial charge in [-0.2, -0.15) is 0 Å². The van der Waals surface area contributed by atoms with E-state index in [1.54, 1.807) is 0 Å². The Balaban J connectivity index is 1.01. The fraction of sp³-hybridized carbons (Fsp3) is 0. The quantitative estimate of drug-likeness (QED) is 0.167. The Morgan fingerprint density at radius 2 is 0.900 bits per heavy atom. The number of hydrogen-bond acceptors (Lipinski definition) is 2. The largest absolute Gasteiger partial charge is 0.311 e. The second-order valence-electron chi connectivity index (χ2n) is 13.0. The Morgan fingerprint density at radius 1 is 0.300 bits per heavy atom. The van der Waals surface area contributed by atoms with Crippen LogP contribution in [0.2, 0.25) is 0 Å². The number of anilines is 3. The van der Waals surface area contributed by atoms with Crippen LogP contribution in [0.4, 0.5) is 17.1 Å². The summed E-state index contributed by atoms with van der Waals surface area (Å²) in [6.45, 7) is 0. The van der Waals surface area contributed by atoms with Crippen molar-refractivity contribution in [3.8, 4) is 22.3 Å². The third kappa shape index (κ3) is 4.84. The molecule has 0 unspecified atom stereocenters. The van der Waals surface area contributed by atoms with Crippen molar-refractivity contribution in [1.29, 1.82) is 0 Å². The standard InChI is InChI=1S/C48H31NS/c1-2-11-38(12-3-1)49(40-26-22-33(23-27-40)45-30-36-10-4-5-13-41(36)42-14-6-7-15-43(42)45)39-24-20-32(21-25-39)34-18-19-35-29-46-44-16-8-9-17-47(44)50-48(46)31-37(35)28-34/h1-31H. The highest BCUT2D eigenvalue weighted by Gasteiger charge is 2.15. The van der Waals surface area contributed by atoms with Crippen molar-refractivity contribution in [3.63, 3.8) is 0 Å². The topological polar surface area (TPSA) is 3.24 Å². The third-order valence-corrected chi connectivity index (χ3v) is 11.1. The molecule has 0 saturated heterocycles. The van der Waals surface area contributed by atoms with Gasteiger partial charge in [0.05, 0.1) is 0 Å². The van der Waals surface area contributed by atoms with E-state index in [0.717, 1.165) is 17.1 Å². The van der Waals surface area contributed by atoms with Crippen LogP contribution < -0.4 is 4.90 Å². The Morgan fingerprint density at radius 3 is 1.68 bits per heavy atom. The molecule has 0 amide bonds. The van der Waals surface area contributed by atoms with Gasteiger partial charge < -0.3 is 4.90 Å². The molecule has 0 saturated carbocycles. The van der Waals surface area contributed by atoms with Gasteiger partial charge in [0.25, 0.3) is 0 Å². The fourth-order valence-electron chi connectivity index (χ4n) is 7.56. The molecular weight excluding hydrogens is 623 g/mol. The normalized spacial score (nSPS) is 11.6. The van der Waals surface area contributed by atoms with Crippen LogP contribution in [0.15, 0.2) is 188 Å². The molecule has 0 aliphatic rings. The van der Waals surface area contributed by atoms with E-state index in [0.29, 0.717) is 0 Å². The van der Waals surface area contributed by atoms with E-state index in [4.69, 9.17) is 0 Å².